The topological polar surface area (TPSA) is 12.9 Å². The molecular weight excluding hydrogens is 542 g/mol. The zero-order chi connectivity index (χ0) is 29.5. The van der Waals surface area contributed by atoms with E-state index in [1.807, 2.05) is 0 Å². The molecule has 0 atom stereocenters. The molecule has 1 heteroatoms. The molecule has 45 heavy (non-hydrogen) atoms. The number of fused-ring (bicyclic) bond motifs is 7. The third kappa shape index (κ3) is 3.30. The number of pyridine rings is 1. The van der Waals surface area contributed by atoms with Crippen molar-refractivity contribution in [1.82, 2.24) is 4.98 Å². The smallest absolute Gasteiger partial charge is 0.0725 e. The molecule has 2 aliphatic carbocycles. The van der Waals surface area contributed by atoms with Gasteiger partial charge in [0.2, 0.25) is 0 Å². The van der Waals surface area contributed by atoms with Crippen LogP contribution in [0.3, 0.4) is 0 Å². The van der Waals surface area contributed by atoms with E-state index in [2.05, 4.69) is 164 Å². The van der Waals surface area contributed by atoms with Crippen molar-refractivity contribution >= 4 is 21.5 Å². The first kappa shape index (κ1) is 24.6. The molecule has 0 unspecified atom stereocenters. The number of rotatable bonds is 3. The zero-order valence-electron chi connectivity index (χ0n) is 24.5. The Morgan fingerprint density at radius 2 is 0.889 bits per heavy atom. The summed E-state index contributed by atoms with van der Waals surface area (Å²) in [6, 6.07) is 59.9. The van der Waals surface area contributed by atoms with Crippen LogP contribution >= 0.6 is 0 Å². The van der Waals surface area contributed by atoms with Crippen molar-refractivity contribution in [3.8, 4) is 44.8 Å². The van der Waals surface area contributed by atoms with Crippen LogP contribution in [0.15, 0.2) is 164 Å². The van der Waals surface area contributed by atoms with Gasteiger partial charge in [0.15, 0.2) is 0 Å². The first-order valence-corrected chi connectivity index (χ1v) is 15.6. The zero-order valence-corrected chi connectivity index (χ0v) is 24.5. The van der Waals surface area contributed by atoms with Crippen LogP contribution in [-0.2, 0) is 5.41 Å². The molecule has 1 nitrogen and oxygen atoms in total. The first-order valence-electron chi connectivity index (χ1n) is 15.6. The van der Waals surface area contributed by atoms with E-state index < -0.39 is 0 Å². The van der Waals surface area contributed by atoms with Crippen LogP contribution in [0.5, 0.6) is 0 Å². The molecule has 7 aromatic carbocycles. The summed E-state index contributed by atoms with van der Waals surface area (Å²) in [6.45, 7) is 0. The molecule has 0 aliphatic heterocycles. The molecule has 1 heterocycles. The molecule has 0 bridgehead atoms. The van der Waals surface area contributed by atoms with E-state index in [9.17, 15) is 0 Å². The van der Waals surface area contributed by atoms with Gasteiger partial charge < -0.3 is 0 Å². The second kappa shape index (κ2) is 9.11. The van der Waals surface area contributed by atoms with Crippen molar-refractivity contribution in [1.29, 1.82) is 0 Å². The highest BCUT2D eigenvalue weighted by Crippen LogP contribution is 2.62. The van der Waals surface area contributed by atoms with Gasteiger partial charge in [0.25, 0.3) is 0 Å². The summed E-state index contributed by atoms with van der Waals surface area (Å²) in [7, 11) is 0. The Morgan fingerprint density at radius 1 is 0.333 bits per heavy atom. The monoisotopic (exact) mass is 569 g/mol. The molecule has 0 N–H and O–H groups in total. The Labute approximate surface area is 262 Å². The third-order valence-corrected chi connectivity index (χ3v) is 10.0. The molecule has 0 amide bonds. The molecule has 0 radical (unpaired) electrons. The van der Waals surface area contributed by atoms with Crippen LogP contribution in [0.25, 0.3) is 66.3 Å². The van der Waals surface area contributed by atoms with Crippen LogP contribution in [0.2, 0.25) is 0 Å². The fraction of sp³-hybridized carbons (Fsp3) is 0.0227. The minimum atomic E-state index is -0.346. The van der Waals surface area contributed by atoms with Crippen molar-refractivity contribution in [3.05, 3.63) is 186 Å². The standard InChI is InChI=1S/C44H27N/c1-3-11-28(12-4-1)33-26-40(29-13-5-2-6-14-29)45-41(27-33)32-23-24-37-35(25-32)34-17-7-8-18-36(34)44(37)38-19-9-15-30-21-22-31-16-10-20-39(44)43(31)42(30)38/h1-27H. The van der Waals surface area contributed by atoms with Gasteiger partial charge in [0, 0.05) is 11.1 Å². The number of hydrogen-bond acceptors (Lipinski definition) is 1. The lowest BCUT2D eigenvalue weighted by Gasteiger charge is -2.30. The molecule has 0 saturated heterocycles. The second-order valence-corrected chi connectivity index (χ2v) is 12.3. The van der Waals surface area contributed by atoms with Crippen LogP contribution in [0.1, 0.15) is 22.3 Å². The van der Waals surface area contributed by atoms with Crippen molar-refractivity contribution in [3.63, 3.8) is 0 Å². The molecule has 0 saturated carbocycles. The predicted molar refractivity (Wildman–Crippen MR) is 186 cm³/mol. The maximum atomic E-state index is 5.26. The lowest BCUT2D eigenvalue weighted by Crippen LogP contribution is -2.26. The van der Waals surface area contributed by atoms with Crippen LogP contribution < -0.4 is 0 Å². The Morgan fingerprint density at radius 3 is 1.58 bits per heavy atom. The minimum Gasteiger partial charge on any atom is -0.248 e. The molecule has 2 aliphatic rings. The van der Waals surface area contributed by atoms with Gasteiger partial charge in [0.05, 0.1) is 16.8 Å². The van der Waals surface area contributed by atoms with Gasteiger partial charge in [-0.2, -0.15) is 0 Å². The molecule has 1 spiro atoms. The van der Waals surface area contributed by atoms with E-state index in [1.54, 1.807) is 0 Å². The molecule has 8 aromatic rings. The summed E-state index contributed by atoms with van der Waals surface area (Å²) in [5, 5.41) is 5.40. The van der Waals surface area contributed by atoms with E-state index in [0.29, 0.717) is 0 Å². The number of benzene rings is 7. The molecule has 0 fully saturated rings. The SMILES string of the molecule is c1ccc(-c2cc(-c3ccccc3)nc(-c3ccc4c(c3)-c3ccccc3C43c4cccc5ccc6cccc3c6c45)c2)cc1. The van der Waals surface area contributed by atoms with Gasteiger partial charge in [-0.05, 0) is 84.3 Å². The van der Waals surface area contributed by atoms with Gasteiger partial charge in [0.1, 0.15) is 0 Å². The normalized spacial score (nSPS) is 13.5. The summed E-state index contributed by atoms with van der Waals surface area (Å²) >= 11 is 0. The van der Waals surface area contributed by atoms with Gasteiger partial charge in [-0.15, -0.1) is 0 Å². The second-order valence-electron chi connectivity index (χ2n) is 12.3. The van der Waals surface area contributed by atoms with Gasteiger partial charge in [-0.25, -0.2) is 4.98 Å². The van der Waals surface area contributed by atoms with Crippen molar-refractivity contribution in [2.24, 2.45) is 0 Å². The first-order chi connectivity index (χ1) is 22.3. The summed E-state index contributed by atoms with van der Waals surface area (Å²) in [4.78, 5) is 5.26. The van der Waals surface area contributed by atoms with E-state index in [-0.39, 0.29) is 5.41 Å². The van der Waals surface area contributed by atoms with Crippen molar-refractivity contribution in [2.75, 3.05) is 0 Å². The molecule has 208 valence electrons. The maximum absolute atomic E-state index is 5.26. The lowest BCUT2D eigenvalue weighted by atomic mass is 9.70. The predicted octanol–water partition coefficient (Wildman–Crippen LogP) is 11.1. The van der Waals surface area contributed by atoms with Crippen LogP contribution in [-0.4, -0.2) is 4.98 Å². The van der Waals surface area contributed by atoms with E-state index in [1.165, 1.54) is 66.1 Å². The highest BCUT2D eigenvalue weighted by molar-refractivity contribution is 6.17. The molecule has 1 aromatic heterocycles. The van der Waals surface area contributed by atoms with Crippen LogP contribution in [0.4, 0.5) is 0 Å². The fourth-order valence-electron chi connectivity index (χ4n) is 8.18. The quantitative estimate of drug-likeness (QED) is 0.193. The van der Waals surface area contributed by atoms with Crippen molar-refractivity contribution in [2.45, 2.75) is 5.41 Å². The summed E-state index contributed by atoms with van der Waals surface area (Å²) < 4.78 is 0. The van der Waals surface area contributed by atoms with E-state index in [4.69, 9.17) is 4.98 Å². The summed E-state index contributed by atoms with van der Waals surface area (Å²) in [6.07, 6.45) is 0. The highest BCUT2D eigenvalue weighted by atomic mass is 14.7. The average Bonchev–Trinajstić information content (AvgIpc) is 3.59. The number of nitrogens with zero attached hydrogens (tertiary/aromatic N) is 1. The average molecular weight is 570 g/mol. The van der Waals surface area contributed by atoms with Gasteiger partial charge in [-0.3, -0.25) is 0 Å². The molecular formula is C44H27N. The van der Waals surface area contributed by atoms with Gasteiger partial charge >= 0.3 is 0 Å². The summed E-state index contributed by atoms with van der Waals surface area (Å²) in [5.41, 5.74) is 14.3. The fourth-order valence-corrected chi connectivity index (χ4v) is 8.18. The Hall–Kier alpha value is -5.79. The number of aromatic nitrogens is 1. The van der Waals surface area contributed by atoms with Crippen LogP contribution in [0, 0.1) is 0 Å². The molecule has 10 rings (SSSR count). The number of hydrogen-bond donors (Lipinski definition) is 0. The highest BCUT2D eigenvalue weighted by Gasteiger charge is 2.50. The lowest BCUT2D eigenvalue weighted by molar-refractivity contribution is 0.797. The van der Waals surface area contributed by atoms with Gasteiger partial charge in [-0.1, -0.05) is 146 Å². The van der Waals surface area contributed by atoms with Crippen molar-refractivity contribution < 1.29 is 0 Å². The maximum Gasteiger partial charge on any atom is 0.0725 e. The largest absolute Gasteiger partial charge is 0.248 e. The van der Waals surface area contributed by atoms with E-state index >= 15 is 0 Å². The third-order valence-electron chi connectivity index (χ3n) is 10.0. The minimum absolute atomic E-state index is 0.346. The Balaban J connectivity index is 1.24. The Bertz CT molecular complexity index is 2350. The Kier molecular flexibility index (Phi) is 4.99. The summed E-state index contributed by atoms with van der Waals surface area (Å²) in [5.74, 6) is 0. The van der Waals surface area contributed by atoms with E-state index in [0.717, 1.165) is 22.5 Å².